The molecule has 1 amide bonds. The van der Waals surface area contributed by atoms with Gasteiger partial charge in [0.05, 0.1) is 17.2 Å². The Morgan fingerprint density at radius 2 is 1.65 bits per heavy atom. The van der Waals surface area contributed by atoms with Crippen LogP contribution in [0.25, 0.3) is 6.08 Å². The van der Waals surface area contributed by atoms with Crippen LogP contribution < -0.4 is 4.90 Å². The molecule has 1 heterocycles. The topological polar surface area (TPSA) is 57.6 Å². The maximum Gasteiger partial charge on any atom is 0.416 e. The summed E-state index contributed by atoms with van der Waals surface area (Å²) < 4.78 is 40.0. The van der Waals surface area contributed by atoms with Crippen LogP contribution in [0.15, 0.2) is 96.3 Å². The summed E-state index contributed by atoms with van der Waals surface area (Å²) >= 11 is 5.97. The Morgan fingerprint density at radius 1 is 0.971 bits per heavy atom. The van der Waals surface area contributed by atoms with Gasteiger partial charge in [0, 0.05) is 10.7 Å². The number of alkyl halides is 3. The van der Waals surface area contributed by atoms with Crippen LogP contribution >= 0.6 is 11.6 Å². The molecule has 4 rings (SSSR count). The average Bonchev–Trinajstić information content (AvgIpc) is 3.09. The molecule has 0 radical (unpaired) electrons. The van der Waals surface area contributed by atoms with Gasteiger partial charge in [-0.3, -0.25) is 14.5 Å². The maximum absolute atomic E-state index is 13.3. The standard InChI is InChI=1S/C26H17ClF3NO3/c27-19-12-10-17(11-13-19)23-22(21(32)14-9-16-5-2-1-3-6-16)24(33)25(34)31(23)20-8-4-7-18(15-20)26(28,29)30/h1-15,23,33H. The molecule has 1 unspecified atom stereocenters. The van der Waals surface area contributed by atoms with E-state index in [9.17, 15) is 27.9 Å². The minimum atomic E-state index is -4.64. The molecule has 1 N–H and O–H groups in total. The Bertz CT molecular complexity index is 1300. The second kappa shape index (κ2) is 9.19. The van der Waals surface area contributed by atoms with E-state index < -0.39 is 35.2 Å². The highest BCUT2D eigenvalue weighted by Gasteiger charge is 2.44. The summed E-state index contributed by atoms with van der Waals surface area (Å²) in [6.07, 6.45) is -1.90. The lowest BCUT2D eigenvalue weighted by Crippen LogP contribution is -2.31. The van der Waals surface area contributed by atoms with E-state index in [1.54, 1.807) is 36.4 Å². The van der Waals surface area contributed by atoms with E-state index in [0.717, 1.165) is 28.7 Å². The minimum Gasteiger partial charge on any atom is -0.503 e. The molecule has 0 saturated carbocycles. The third-order valence-electron chi connectivity index (χ3n) is 5.34. The van der Waals surface area contributed by atoms with Crippen LogP contribution in [0.3, 0.4) is 0 Å². The van der Waals surface area contributed by atoms with Gasteiger partial charge in [-0.25, -0.2) is 0 Å². The molecule has 1 aliphatic heterocycles. The van der Waals surface area contributed by atoms with Gasteiger partial charge in [-0.1, -0.05) is 66.2 Å². The van der Waals surface area contributed by atoms with Crippen molar-refractivity contribution in [1.29, 1.82) is 0 Å². The SMILES string of the molecule is O=C(C=Cc1ccccc1)C1=C(O)C(=O)N(c2cccc(C(F)(F)F)c2)C1c1ccc(Cl)cc1. The summed E-state index contributed by atoms with van der Waals surface area (Å²) in [6, 6.07) is 18.1. The zero-order valence-electron chi connectivity index (χ0n) is 17.5. The lowest BCUT2D eigenvalue weighted by Gasteiger charge is -2.27. The van der Waals surface area contributed by atoms with E-state index >= 15 is 0 Å². The first-order valence-electron chi connectivity index (χ1n) is 10.1. The average molecular weight is 484 g/mol. The van der Waals surface area contributed by atoms with Gasteiger partial charge in [0.15, 0.2) is 11.5 Å². The molecule has 1 atom stereocenters. The first-order chi connectivity index (χ1) is 16.2. The largest absolute Gasteiger partial charge is 0.503 e. The van der Waals surface area contributed by atoms with Crippen molar-refractivity contribution in [2.24, 2.45) is 0 Å². The summed E-state index contributed by atoms with van der Waals surface area (Å²) in [5.41, 5.74) is -0.192. The van der Waals surface area contributed by atoms with Crippen LogP contribution in [-0.2, 0) is 15.8 Å². The smallest absolute Gasteiger partial charge is 0.416 e. The van der Waals surface area contributed by atoms with Crippen molar-refractivity contribution in [1.82, 2.24) is 0 Å². The van der Waals surface area contributed by atoms with Crippen molar-refractivity contribution in [3.63, 3.8) is 0 Å². The van der Waals surface area contributed by atoms with Crippen molar-refractivity contribution in [2.75, 3.05) is 4.90 Å². The van der Waals surface area contributed by atoms with Gasteiger partial charge in [-0.2, -0.15) is 13.2 Å². The number of rotatable bonds is 5. The number of aliphatic hydroxyl groups is 1. The Kier molecular flexibility index (Phi) is 6.30. The first-order valence-corrected chi connectivity index (χ1v) is 10.5. The molecular weight excluding hydrogens is 467 g/mol. The van der Waals surface area contributed by atoms with Crippen LogP contribution in [0.5, 0.6) is 0 Å². The third kappa shape index (κ3) is 4.61. The van der Waals surface area contributed by atoms with Crippen LogP contribution in [0.1, 0.15) is 22.7 Å². The Balaban J connectivity index is 1.81. The monoisotopic (exact) mass is 483 g/mol. The number of aliphatic hydroxyl groups excluding tert-OH is 1. The Hall–Kier alpha value is -3.84. The van der Waals surface area contributed by atoms with Crippen molar-refractivity contribution in [2.45, 2.75) is 12.2 Å². The molecule has 3 aromatic rings. The number of hydrogen-bond acceptors (Lipinski definition) is 3. The predicted octanol–water partition coefficient (Wildman–Crippen LogP) is 6.54. The normalized spacial score (nSPS) is 16.5. The molecular formula is C26H17ClF3NO3. The highest BCUT2D eigenvalue weighted by molar-refractivity contribution is 6.30. The molecule has 4 nitrogen and oxygen atoms in total. The number of benzene rings is 3. The van der Waals surface area contributed by atoms with Gasteiger partial charge in [-0.05, 0) is 47.5 Å². The summed E-state index contributed by atoms with van der Waals surface area (Å²) in [4.78, 5) is 27.2. The fourth-order valence-corrected chi connectivity index (χ4v) is 3.87. The van der Waals surface area contributed by atoms with Crippen LogP contribution in [0.2, 0.25) is 5.02 Å². The van der Waals surface area contributed by atoms with Crippen molar-refractivity contribution in [3.8, 4) is 0 Å². The highest BCUT2D eigenvalue weighted by atomic mass is 35.5. The number of amides is 1. The molecule has 172 valence electrons. The molecule has 0 fully saturated rings. The molecule has 0 aromatic heterocycles. The van der Waals surface area contributed by atoms with E-state index in [0.29, 0.717) is 10.6 Å². The molecule has 8 heteroatoms. The second-order valence-corrected chi connectivity index (χ2v) is 7.98. The van der Waals surface area contributed by atoms with E-state index in [4.69, 9.17) is 11.6 Å². The van der Waals surface area contributed by atoms with Crippen molar-refractivity contribution < 1.29 is 27.9 Å². The van der Waals surface area contributed by atoms with Crippen molar-refractivity contribution in [3.05, 3.63) is 118 Å². The van der Waals surface area contributed by atoms with Crippen LogP contribution in [-0.4, -0.2) is 16.8 Å². The van der Waals surface area contributed by atoms with Crippen LogP contribution in [0, 0.1) is 0 Å². The van der Waals surface area contributed by atoms with E-state index in [2.05, 4.69) is 0 Å². The van der Waals surface area contributed by atoms with Gasteiger partial charge in [-0.15, -0.1) is 0 Å². The van der Waals surface area contributed by atoms with E-state index in [1.807, 2.05) is 6.07 Å². The Labute approximate surface area is 198 Å². The minimum absolute atomic E-state index is 0.110. The molecule has 1 aliphatic rings. The quantitative estimate of drug-likeness (QED) is 0.419. The maximum atomic E-state index is 13.3. The number of ketones is 1. The van der Waals surface area contributed by atoms with E-state index in [-0.39, 0.29) is 11.3 Å². The summed E-state index contributed by atoms with van der Waals surface area (Å²) in [7, 11) is 0. The number of nitrogens with zero attached hydrogens (tertiary/aromatic N) is 1. The summed E-state index contributed by atoms with van der Waals surface area (Å²) in [5.74, 6) is -2.44. The van der Waals surface area contributed by atoms with Gasteiger partial charge in [0.1, 0.15) is 0 Å². The molecule has 34 heavy (non-hydrogen) atoms. The second-order valence-electron chi connectivity index (χ2n) is 7.55. The fraction of sp³-hybridized carbons (Fsp3) is 0.0769. The number of anilines is 1. The van der Waals surface area contributed by atoms with Crippen molar-refractivity contribution >= 4 is 35.1 Å². The van der Waals surface area contributed by atoms with Gasteiger partial charge in [0.2, 0.25) is 0 Å². The number of hydrogen-bond donors (Lipinski definition) is 1. The van der Waals surface area contributed by atoms with Gasteiger partial charge < -0.3 is 5.11 Å². The molecule has 0 saturated heterocycles. The number of carbonyl (C=O) groups excluding carboxylic acids is 2. The van der Waals surface area contributed by atoms with E-state index in [1.165, 1.54) is 30.4 Å². The highest BCUT2D eigenvalue weighted by Crippen LogP contribution is 2.42. The zero-order valence-corrected chi connectivity index (χ0v) is 18.2. The zero-order chi connectivity index (χ0) is 24.5. The molecule has 3 aromatic carbocycles. The third-order valence-corrected chi connectivity index (χ3v) is 5.59. The number of carbonyl (C=O) groups is 2. The first kappa shape index (κ1) is 23.3. The number of allylic oxidation sites excluding steroid dienone is 1. The fourth-order valence-electron chi connectivity index (χ4n) is 3.74. The summed E-state index contributed by atoms with van der Waals surface area (Å²) in [5, 5.41) is 11.1. The Morgan fingerprint density at radius 3 is 2.29 bits per heavy atom. The van der Waals surface area contributed by atoms with Gasteiger partial charge >= 0.3 is 6.18 Å². The molecule has 0 spiro atoms. The predicted molar refractivity (Wildman–Crippen MR) is 123 cm³/mol. The lowest BCUT2D eigenvalue weighted by molar-refractivity contribution is -0.137. The van der Waals surface area contributed by atoms with Gasteiger partial charge in [0.25, 0.3) is 5.91 Å². The molecule has 0 aliphatic carbocycles. The van der Waals surface area contributed by atoms with Crippen LogP contribution in [0.4, 0.5) is 18.9 Å². The summed E-state index contributed by atoms with van der Waals surface area (Å²) in [6.45, 7) is 0. The lowest BCUT2D eigenvalue weighted by atomic mass is 9.95. The number of halogens is 4. The molecule has 0 bridgehead atoms.